The van der Waals surface area contributed by atoms with Crippen LogP contribution in [0.2, 0.25) is 0 Å². The summed E-state index contributed by atoms with van der Waals surface area (Å²) < 4.78 is 0. The molecule has 0 aliphatic rings. The molecule has 0 aliphatic carbocycles. The molecule has 15 heavy (non-hydrogen) atoms. The van der Waals surface area contributed by atoms with Crippen LogP contribution in [0.15, 0.2) is 0 Å². The van der Waals surface area contributed by atoms with Gasteiger partial charge in [-0.05, 0) is 40.2 Å². The minimum absolute atomic E-state index is 0.528. The third-order valence-corrected chi connectivity index (χ3v) is 3.08. The third kappa shape index (κ3) is 6.91. The monoisotopic (exact) mass is 215 g/mol. The minimum atomic E-state index is -0.531. The Labute approximate surface area is 95.7 Å². The van der Waals surface area contributed by atoms with E-state index in [0.717, 1.165) is 19.5 Å². The van der Waals surface area contributed by atoms with E-state index in [4.69, 9.17) is 0 Å². The highest BCUT2D eigenvalue weighted by Gasteiger charge is 2.22. The summed E-state index contributed by atoms with van der Waals surface area (Å²) in [6, 6.07) is 0.528. The first-order valence-electron chi connectivity index (χ1n) is 6.39. The van der Waals surface area contributed by atoms with Crippen molar-refractivity contribution in [3.05, 3.63) is 0 Å². The van der Waals surface area contributed by atoms with E-state index in [2.05, 4.69) is 25.7 Å². The maximum Gasteiger partial charge on any atom is 0.0743 e. The molecule has 0 saturated heterocycles. The highest BCUT2D eigenvalue weighted by molar-refractivity contribution is 4.77. The largest absolute Gasteiger partial charge is 0.389 e. The molecular formula is C13H29NO. The quantitative estimate of drug-likeness (QED) is 0.629. The highest BCUT2D eigenvalue weighted by Crippen LogP contribution is 2.14. The van der Waals surface area contributed by atoms with Crippen LogP contribution in [0.4, 0.5) is 0 Å². The number of aliphatic hydroxyl groups is 1. The van der Waals surface area contributed by atoms with Crippen molar-refractivity contribution in [1.82, 2.24) is 4.90 Å². The van der Waals surface area contributed by atoms with E-state index >= 15 is 0 Å². The Kier molecular flexibility index (Phi) is 7.20. The lowest BCUT2D eigenvalue weighted by molar-refractivity contribution is 0.00670. The summed E-state index contributed by atoms with van der Waals surface area (Å²) in [5.41, 5.74) is -0.531. The summed E-state index contributed by atoms with van der Waals surface area (Å²) in [7, 11) is 0. The molecule has 0 radical (unpaired) electrons. The molecule has 0 heterocycles. The molecular weight excluding hydrogens is 186 g/mol. The predicted octanol–water partition coefficient (Wildman–Crippen LogP) is 3.05. The van der Waals surface area contributed by atoms with Crippen molar-refractivity contribution >= 4 is 0 Å². The zero-order chi connectivity index (χ0) is 11.9. The zero-order valence-electron chi connectivity index (χ0n) is 11.2. The SMILES string of the molecule is CCCCCN(CC(C)(O)CC)C(C)C. The van der Waals surface area contributed by atoms with Gasteiger partial charge in [0, 0.05) is 12.6 Å². The van der Waals surface area contributed by atoms with Crippen molar-refractivity contribution < 1.29 is 5.11 Å². The standard InChI is InChI=1S/C13H29NO/c1-6-8-9-10-14(12(3)4)11-13(5,15)7-2/h12,15H,6-11H2,1-5H3. The van der Waals surface area contributed by atoms with Gasteiger partial charge in [0.05, 0.1) is 5.60 Å². The number of nitrogens with zero attached hydrogens (tertiary/aromatic N) is 1. The average molecular weight is 215 g/mol. The van der Waals surface area contributed by atoms with Gasteiger partial charge in [0.2, 0.25) is 0 Å². The average Bonchev–Trinajstić information content (AvgIpc) is 2.16. The molecule has 0 spiro atoms. The molecule has 1 atom stereocenters. The smallest absolute Gasteiger partial charge is 0.0743 e. The van der Waals surface area contributed by atoms with Crippen molar-refractivity contribution in [3.63, 3.8) is 0 Å². The van der Waals surface area contributed by atoms with E-state index in [1.807, 2.05) is 13.8 Å². The molecule has 0 aromatic rings. The molecule has 0 saturated carbocycles. The first-order chi connectivity index (χ1) is 6.93. The van der Waals surface area contributed by atoms with Crippen LogP contribution in [0.1, 0.15) is 60.3 Å². The van der Waals surface area contributed by atoms with E-state index in [1.54, 1.807) is 0 Å². The van der Waals surface area contributed by atoms with Crippen molar-refractivity contribution in [1.29, 1.82) is 0 Å². The van der Waals surface area contributed by atoms with Crippen LogP contribution >= 0.6 is 0 Å². The Hall–Kier alpha value is -0.0800. The molecule has 2 heteroatoms. The van der Waals surface area contributed by atoms with Crippen molar-refractivity contribution in [2.75, 3.05) is 13.1 Å². The Balaban J connectivity index is 4.04. The van der Waals surface area contributed by atoms with E-state index < -0.39 is 5.60 Å². The fourth-order valence-corrected chi connectivity index (χ4v) is 1.63. The van der Waals surface area contributed by atoms with Crippen LogP contribution in [0.3, 0.4) is 0 Å². The van der Waals surface area contributed by atoms with Gasteiger partial charge in [-0.15, -0.1) is 0 Å². The lowest BCUT2D eigenvalue weighted by Gasteiger charge is -2.33. The first-order valence-corrected chi connectivity index (χ1v) is 6.39. The molecule has 0 aromatic heterocycles. The molecule has 1 unspecified atom stereocenters. The van der Waals surface area contributed by atoms with Crippen molar-refractivity contribution in [2.45, 2.75) is 71.9 Å². The molecule has 0 rings (SSSR count). The zero-order valence-corrected chi connectivity index (χ0v) is 11.2. The third-order valence-electron chi connectivity index (χ3n) is 3.08. The van der Waals surface area contributed by atoms with Gasteiger partial charge < -0.3 is 5.11 Å². The summed E-state index contributed by atoms with van der Waals surface area (Å²) >= 11 is 0. The molecule has 0 amide bonds. The van der Waals surface area contributed by atoms with Crippen molar-refractivity contribution in [2.24, 2.45) is 0 Å². The Morgan fingerprint density at radius 3 is 2.20 bits per heavy atom. The number of rotatable bonds is 8. The molecule has 2 nitrogen and oxygen atoms in total. The van der Waals surface area contributed by atoms with E-state index in [-0.39, 0.29) is 0 Å². The minimum Gasteiger partial charge on any atom is -0.389 e. The number of unbranched alkanes of at least 4 members (excludes halogenated alkanes) is 2. The van der Waals surface area contributed by atoms with Gasteiger partial charge in [-0.1, -0.05) is 26.7 Å². The van der Waals surface area contributed by atoms with Crippen LogP contribution in [0, 0.1) is 0 Å². The Bertz CT molecular complexity index is 155. The van der Waals surface area contributed by atoms with E-state index in [9.17, 15) is 5.11 Å². The maximum absolute atomic E-state index is 10.1. The van der Waals surface area contributed by atoms with E-state index in [1.165, 1.54) is 19.3 Å². The summed E-state index contributed by atoms with van der Waals surface area (Å²) in [4.78, 5) is 2.39. The topological polar surface area (TPSA) is 23.5 Å². The molecule has 0 aliphatic heterocycles. The van der Waals surface area contributed by atoms with Gasteiger partial charge in [-0.25, -0.2) is 0 Å². The predicted molar refractivity (Wildman–Crippen MR) is 67.1 cm³/mol. The van der Waals surface area contributed by atoms with Crippen LogP contribution in [0.5, 0.6) is 0 Å². The van der Waals surface area contributed by atoms with Gasteiger partial charge in [-0.2, -0.15) is 0 Å². The van der Waals surface area contributed by atoms with Crippen LogP contribution < -0.4 is 0 Å². The second-order valence-corrected chi connectivity index (χ2v) is 5.12. The number of hydrogen-bond acceptors (Lipinski definition) is 2. The lowest BCUT2D eigenvalue weighted by atomic mass is 10.0. The molecule has 92 valence electrons. The molecule has 0 aromatic carbocycles. The van der Waals surface area contributed by atoms with Gasteiger partial charge >= 0.3 is 0 Å². The van der Waals surface area contributed by atoms with E-state index in [0.29, 0.717) is 6.04 Å². The van der Waals surface area contributed by atoms with Crippen molar-refractivity contribution in [3.8, 4) is 0 Å². The maximum atomic E-state index is 10.1. The molecule has 0 bridgehead atoms. The summed E-state index contributed by atoms with van der Waals surface area (Å²) in [6.45, 7) is 12.5. The summed E-state index contributed by atoms with van der Waals surface area (Å²) in [6.07, 6.45) is 4.62. The fraction of sp³-hybridized carbons (Fsp3) is 1.00. The van der Waals surface area contributed by atoms with Gasteiger partial charge in [-0.3, -0.25) is 4.90 Å². The highest BCUT2D eigenvalue weighted by atomic mass is 16.3. The second kappa shape index (κ2) is 7.24. The number of hydrogen-bond donors (Lipinski definition) is 1. The van der Waals surface area contributed by atoms with Gasteiger partial charge in [0.25, 0.3) is 0 Å². The summed E-state index contributed by atoms with van der Waals surface area (Å²) in [5.74, 6) is 0. The van der Waals surface area contributed by atoms with Crippen LogP contribution in [-0.4, -0.2) is 34.7 Å². The molecule has 1 N–H and O–H groups in total. The Morgan fingerprint density at radius 1 is 1.20 bits per heavy atom. The first kappa shape index (κ1) is 14.9. The van der Waals surface area contributed by atoms with Gasteiger partial charge in [0.1, 0.15) is 0 Å². The van der Waals surface area contributed by atoms with Crippen LogP contribution in [0.25, 0.3) is 0 Å². The summed E-state index contributed by atoms with van der Waals surface area (Å²) in [5, 5.41) is 10.1. The normalized spacial score (nSPS) is 16.0. The van der Waals surface area contributed by atoms with Crippen LogP contribution in [-0.2, 0) is 0 Å². The lowest BCUT2D eigenvalue weighted by Crippen LogP contribution is -2.44. The molecule has 0 fully saturated rings. The Morgan fingerprint density at radius 2 is 1.80 bits per heavy atom. The van der Waals surface area contributed by atoms with Gasteiger partial charge in [0.15, 0.2) is 0 Å². The second-order valence-electron chi connectivity index (χ2n) is 5.12. The fourth-order valence-electron chi connectivity index (χ4n) is 1.63.